The predicted molar refractivity (Wildman–Crippen MR) is 84.0 cm³/mol. The molecule has 0 aliphatic heterocycles. The number of methoxy groups -OCH3 is 1. The zero-order valence-corrected chi connectivity index (χ0v) is 14.0. The van der Waals surface area contributed by atoms with Crippen molar-refractivity contribution in [3.05, 3.63) is 27.2 Å². The van der Waals surface area contributed by atoms with Crippen LogP contribution in [0.5, 0.6) is 0 Å². The van der Waals surface area contributed by atoms with Crippen molar-refractivity contribution in [1.82, 2.24) is 4.90 Å². The van der Waals surface area contributed by atoms with Crippen LogP contribution in [0.4, 0.5) is 10.5 Å². The van der Waals surface area contributed by atoms with Gasteiger partial charge in [-0.25, -0.2) is 4.79 Å². The number of halogens is 2. The van der Waals surface area contributed by atoms with Crippen molar-refractivity contribution < 1.29 is 19.4 Å². The van der Waals surface area contributed by atoms with Crippen molar-refractivity contribution in [2.45, 2.75) is 6.92 Å². The molecule has 0 saturated heterocycles. The number of carboxylic acid groups (broad SMARTS) is 1. The summed E-state index contributed by atoms with van der Waals surface area (Å²) in [7, 11) is 1.48. The fraction of sp³-hybridized carbons (Fsp3) is 0.385. The number of nitrogens with zero attached hydrogens (tertiary/aromatic N) is 1. The van der Waals surface area contributed by atoms with E-state index in [4.69, 9.17) is 21.4 Å². The molecule has 0 bridgehead atoms. The van der Waals surface area contributed by atoms with Crippen LogP contribution in [0.3, 0.4) is 0 Å². The van der Waals surface area contributed by atoms with Crippen molar-refractivity contribution in [1.29, 1.82) is 0 Å². The molecule has 2 amide bonds. The Kier molecular flexibility index (Phi) is 6.94. The number of hydrogen-bond acceptors (Lipinski definition) is 3. The summed E-state index contributed by atoms with van der Waals surface area (Å²) in [6, 6.07) is 2.85. The number of rotatable bonds is 6. The Bertz CT molecular complexity index is 539. The lowest BCUT2D eigenvalue weighted by Crippen LogP contribution is -2.40. The summed E-state index contributed by atoms with van der Waals surface area (Å²) < 4.78 is 5.53. The Hall–Kier alpha value is -1.31. The Morgan fingerprint density at radius 1 is 1.48 bits per heavy atom. The molecule has 0 fully saturated rings. The molecule has 1 rings (SSSR count). The van der Waals surface area contributed by atoms with Crippen LogP contribution in [0.1, 0.15) is 5.56 Å². The van der Waals surface area contributed by atoms with Gasteiger partial charge < -0.3 is 20.1 Å². The summed E-state index contributed by atoms with van der Waals surface area (Å²) in [5.41, 5.74) is 1.34. The normalized spacial score (nSPS) is 10.3. The van der Waals surface area contributed by atoms with Gasteiger partial charge >= 0.3 is 12.0 Å². The SMILES string of the molecule is COCCN(CC(=O)O)C(=O)Nc1cc(Cl)c(C)cc1Br. The smallest absolute Gasteiger partial charge is 0.323 e. The monoisotopic (exact) mass is 378 g/mol. The molecule has 116 valence electrons. The van der Waals surface area contributed by atoms with Crippen molar-refractivity contribution >= 4 is 45.2 Å². The predicted octanol–water partition coefficient (Wildman–Crippen LogP) is 2.98. The molecule has 1 aromatic rings. The number of aryl methyl sites for hydroxylation is 1. The van der Waals surface area contributed by atoms with Crippen molar-refractivity contribution in [3.63, 3.8) is 0 Å². The van der Waals surface area contributed by atoms with Gasteiger partial charge in [0.05, 0.1) is 12.3 Å². The maximum Gasteiger partial charge on any atom is 0.323 e. The zero-order chi connectivity index (χ0) is 16.0. The molecule has 2 N–H and O–H groups in total. The molecule has 1 aromatic carbocycles. The number of hydrogen-bond donors (Lipinski definition) is 2. The molecule has 6 nitrogen and oxygen atoms in total. The Labute approximate surface area is 136 Å². The number of benzene rings is 1. The average molecular weight is 380 g/mol. The van der Waals surface area contributed by atoms with Crippen LogP contribution in [0, 0.1) is 6.92 Å². The first-order valence-electron chi connectivity index (χ1n) is 6.07. The van der Waals surface area contributed by atoms with Crippen molar-refractivity contribution in [2.24, 2.45) is 0 Å². The Morgan fingerprint density at radius 2 is 2.14 bits per heavy atom. The van der Waals surface area contributed by atoms with Crippen LogP contribution < -0.4 is 5.32 Å². The number of urea groups is 1. The maximum atomic E-state index is 12.1. The lowest BCUT2D eigenvalue weighted by Gasteiger charge is -2.21. The van der Waals surface area contributed by atoms with Gasteiger partial charge in [0, 0.05) is 23.1 Å². The topological polar surface area (TPSA) is 78.9 Å². The lowest BCUT2D eigenvalue weighted by atomic mass is 10.2. The third-order valence-corrected chi connectivity index (χ3v) is 3.73. The van der Waals surface area contributed by atoms with E-state index in [2.05, 4.69) is 21.2 Å². The molecule has 8 heteroatoms. The maximum absolute atomic E-state index is 12.1. The molecule has 0 radical (unpaired) electrons. The molecule has 0 aliphatic carbocycles. The van der Waals surface area contributed by atoms with Crippen molar-refractivity contribution in [2.75, 3.05) is 32.1 Å². The number of aliphatic carboxylic acids is 1. The van der Waals surface area contributed by atoms with Crippen LogP contribution in [0.25, 0.3) is 0 Å². The highest BCUT2D eigenvalue weighted by molar-refractivity contribution is 9.10. The van der Waals surface area contributed by atoms with E-state index in [9.17, 15) is 9.59 Å². The standard InChI is InChI=1S/C13H16BrClN2O4/c1-8-5-9(14)11(6-10(8)15)16-13(20)17(3-4-21-2)7-12(18)19/h5-6H,3-4,7H2,1-2H3,(H,16,20)(H,18,19). The van der Waals surface area contributed by atoms with Crippen LogP contribution >= 0.6 is 27.5 Å². The van der Waals surface area contributed by atoms with E-state index >= 15 is 0 Å². The number of ether oxygens (including phenoxy) is 1. The minimum Gasteiger partial charge on any atom is -0.480 e. The van der Waals surface area contributed by atoms with Crippen LogP contribution in [0.2, 0.25) is 5.02 Å². The summed E-state index contributed by atoms with van der Waals surface area (Å²) in [5.74, 6) is -1.10. The van der Waals surface area contributed by atoms with Gasteiger partial charge in [0.25, 0.3) is 0 Å². The van der Waals surface area contributed by atoms with Crippen LogP contribution in [-0.4, -0.2) is 48.8 Å². The summed E-state index contributed by atoms with van der Waals surface area (Å²) in [6.07, 6.45) is 0. The number of anilines is 1. The first-order valence-corrected chi connectivity index (χ1v) is 7.24. The molecule has 0 saturated carbocycles. The Morgan fingerprint density at radius 3 is 2.71 bits per heavy atom. The molecule has 0 spiro atoms. The summed E-state index contributed by atoms with van der Waals surface area (Å²) >= 11 is 9.35. The number of carboxylic acids is 1. The average Bonchev–Trinajstić information content (AvgIpc) is 2.40. The quantitative estimate of drug-likeness (QED) is 0.796. The van der Waals surface area contributed by atoms with E-state index in [1.807, 2.05) is 6.92 Å². The molecule has 0 aliphatic rings. The van der Waals surface area contributed by atoms with Gasteiger partial charge in [0.2, 0.25) is 0 Å². The molecule has 0 unspecified atom stereocenters. The Balaban J connectivity index is 2.85. The van der Waals surface area contributed by atoms with E-state index in [0.29, 0.717) is 15.2 Å². The van der Waals surface area contributed by atoms with Gasteiger partial charge in [0.15, 0.2) is 0 Å². The first kappa shape index (κ1) is 17.7. The van der Waals surface area contributed by atoms with E-state index in [-0.39, 0.29) is 13.2 Å². The highest BCUT2D eigenvalue weighted by atomic mass is 79.9. The molecule has 0 heterocycles. The van der Waals surface area contributed by atoms with Gasteiger partial charge in [-0.15, -0.1) is 0 Å². The molecule has 21 heavy (non-hydrogen) atoms. The summed E-state index contributed by atoms with van der Waals surface area (Å²) in [4.78, 5) is 24.1. The van der Waals surface area contributed by atoms with Gasteiger partial charge in [0.1, 0.15) is 6.54 Å². The third kappa shape index (κ3) is 5.53. The third-order valence-electron chi connectivity index (χ3n) is 2.67. The van der Waals surface area contributed by atoms with E-state index < -0.39 is 18.5 Å². The van der Waals surface area contributed by atoms with E-state index in [1.165, 1.54) is 7.11 Å². The number of carbonyl (C=O) groups excluding carboxylic acids is 1. The van der Waals surface area contributed by atoms with Crippen LogP contribution in [0.15, 0.2) is 16.6 Å². The van der Waals surface area contributed by atoms with Crippen LogP contribution in [-0.2, 0) is 9.53 Å². The van der Waals surface area contributed by atoms with E-state index in [1.54, 1.807) is 12.1 Å². The number of nitrogens with one attached hydrogen (secondary N) is 1. The lowest BCUT2D eigenvalue weighted by molar-refractivity contribution is -0.137. The van der Waals surface area contributed by atoms with Crippen molar-refractivity contribution in [3.8, 4) is 0 Å². The first-order chi connectivity index (χ1) is 9.85. The largest absolute Gasteiger partial charge is 0.480 e. The minimum atomic E-state index is -1.10. The summed E-state index contributed by atoms with van der Waals surface area (Å²) in [5, 5.41) is 12.0. The number of amides is 2. The summed E-state index contributed by atoms with van der Waals surface area (Å²) in [6.45, 7) is 1.85. The number of carbonyl (C=O) groups is 2. The highest BCUT2D eigenvalue weighted by Crippen LogP contribution is 2.29. The molecular weight excluding hydrogens is 364 g/mol. The van der Waals surface area contributed by atoms with E-state index in [0.717, 1.165) is 10.5 Å². The van der Waals surface area contributed by atoms with Gasteiger partial charge in [-0.05, 0) is 40.5 Å². The fourth-order valence-corrected chi connectivity index (χ4v) is 2.27. The second-order valence-electron chi connectivity index (χ2n) is 4.32. The fourth-order valence-electron chi connectivity index (χ4n) is 1.55. The molecule has 0 aromatic heterocycles. The minimum absolute atomic E-state index is 0.172. The second kappa shape index (κ2) is 8.21. The zero-order valence-electron chi connectivity index (χ0n) is 11.7. The second-order valence-corrected chi connectivity index (χ2v) is 5.58. The highest BCUT2D eigenvalue weighted by Gasteiger charge is 2.18. The van der Waals surface area contributed by atoms with Gasteiger partial charge in [-0.1, -0.05) is 11.6 Å². The molecular formula is C13H16BrClN2O4. The van der Waals surface area contributed by atoms with Gasteiger partial charge in [-0.2, -0.15) is 0 Å². The molecule has 0 atom stereocenters. The van der Waals surface area contributed by atoms with Gasteiger partial charge in [-0.3, -0.25) is 4.79 Å².